The molecule has 0 aromatic carbocycles. The van der Waals surface area contributed by atoms with Crippen molar-refractivity contribution < 1.29 is 0 Å². The lowest BCUT2D eigenvalue weighted by atomic mass is 9.77. The van der Waals surface area contributed by atoms with Crippen LogP contribution in [0.4, 0.5) is 0 Å². The van der Waals surface area contributed by atoms with E-state index >= 15 is 0 Å². The minimum Gasteiger partial charge on any atom is -0.305 e. The Balaban J connectivity index is 1.60. The lowest BCUT2D eigenvalue weighted by Crippen LogP contribution is -2.54. The van der Waals surface area contributed by atoms with Crippen molar-refractivity contribution in [3.8, 4) is 0 Å². The fourth-order valence-corrected chi connectivity index (χ4v) is 4.52. The summed E-state index contributed by atoms with van der Waals surface area (Å²) in [4.78, 5) is 7.88. The van der Waals surface area contributed by atoms with E-state index in [0.717, 1.165) is 17.8 Å². The van der Waals surface area contributed by atoms with Crippen LogP contribution in [-0.2, 0) is 0 Å². The third-order valence-corrected chi connectivity index (χ3v) is 6.52. The van der Waals surface area contributed by atoms with Crippen LogP contribution >= 0.6 is 0 Å². The second-order valence-electron chi connectivity index (χ2n) is 9.79. The summed E-state index contributed by atoms with van der Waals surface area (Å²) in [6.45, 7) is 20.5. The highest BCUT2D eigenvalue weighted by Gasteiger charge is 2.26. The average Bonchev–Trinajstić information content (AvgIpc) is 2.53. The van der Waals surface area contributed by atoms with Crippen molar-refractivity contribution >= 4 is 0 Å². The second-order valence-corrected chi connectivity index (χ2v) is 9.79. The van der Waals surface area contributed by atoms with E-state index < -0.39 is 0 Å². The van der Waals surface area contributed by atoms with Gasteiger partial charge < -0.3 is 4.90 Å². The Kier molecular flexibility index (Phi) is 7.58. The van der Waals surface area contributed by atoms with Crippen LogP contribution in [0, 0.1) is 17.8 Å². The molecular formula is C21H43N3. The maximum Gasteiger partial charge on any atom is 0.0126 e. The maximum absolute atomic E-state index is 2.66. The van der Waals surface area contributed by atoms with Crippen LogP contribution in [0.5, 0.6) is 0 Å². The molecule has 0 aromatic heterocycles. The van der Waals surface area contributed by atoms with Gasteiger partial charge >= 0.3 is 0 Å². The molecule has 0 N–H and O–H groups in total. The molecule has 1 saturated heterocycles. The van der Waals surface area contributed by atoms with Gasteiger partial charge in [0.05, 0.1) is 0 Å². The summed E-state index contributed by atoms with van der Waals surface area (Å²) in [5.74, 6) is 2.82. The quantitative estimate of drug-likeness (QED) is 0.730. The molecule has 1 saturated carbocycles. The monoisotopic (exact) mass is 337 g/mol. The zero-order valence-electron chi connectivity index (χ0n) is 17.4. The summed E-state index contributed by atoms with van der Waals surface area (Å²) >= 11 is 0. The number of likely N-dealkylation sites (N-methyl/N-ethyl adjacent to an activating group) is 1. The van der Waals surface area contributed by atoms with Crippen molar-refractivity contribution in [2.45, 2.75) is 65.8 Å². The minimum atomic E-state index is 0.331. The van der Waals surface area contributed by atoms with Gasteiger partial charge in [0.1, 0.15) is 0 Å². The molecule has 142 valence electrons. The third-order valence-electron chi connectivity index (χ3n) is 6.52. The van der Waals surface area contributed by atoms with Crippen LogP contribution < -0.4 is 0 Å². The number of hydrogen-bond acceptors (Lipinski definition) is 3. The third kappa shape index (κ3) is 6.31. The molecule has 1 aliphatic heterocycles. The van der Waals surface area contributed by atoms with E-state index in [1.54, 1.807) is 0 Å². The predicted molar refractivity (Wildman–Crippen MR) is 106 cm³/mol. The Bertz CT molecular complexity index is 345. The van der Waals surface area contributed by atoms with Gasteiger partial charge in [-0.1, -0.05) is 13.8 Å². The van der Waals surface area contributed by atoms with Crippen molar-refractivity contribution in [2.24, 2.45) is 17.8 Å². The topological polar surface area (TPSA) is 9.72 Å². The Hall–Kier alpha value is -0.120. The van der Waals surface area contributed by atoms with Crippen molar-refractivity contribution in [3.63, 3.8) is 0 Å². The highest BCUT2D eigenvalue weighted by molar-refractivity contribution is 4.82. The summed E-state index contributed by atoms with van der Waals surface area (Å²) in [6.07, 6.45) is 5.84. The molecule has 0 spiro atoms. The van der Waals surface area contributed by atoms with Gasteiger partial charge in [-0.2, -0.15) is 0 Å². The zero-order valence-corrected chi connectivity index (χ0v) is 17.4. The molecule has 1 heterocycles. The fraction of sp³-hybridized carbons (Fsp3) is 1.00. The van der Waals surface area contributed by atoms with Crippen molar-refractivity contribution in [1.82, 2.24) is 14.7 Å². The lowest BCUT2D eigenvalue weighted by Gasteiger charge is -2.42. The number of piperazine rings is 1. The highest BCUT2D eigenvalue weighted by atomic mass is 15.3. The van der Waals surface area contributed by atoms with Crippen molar-refractivity contribution in [1.29, 1.82) is 0 Å². The summed E-state index contributed by atoms with van der Waals surface area (Å²) in [6, 6.07) is 0. The van der Waals surface area contributed by atoms with Gasteiger partial charge in [0.2, 0.25) is 0 Å². The van der Waals surface area contributed by atoms with Crippen LogP contribution in [0.3, 0.4) is 0 Å². The van der Waals surface area contributed by atoms with E-state index in [-0.39, 0.29) is 0 Å². The molecule has 2 rings (SSSR count). The van der Waals surface area contributed by atoms with E-state index in [0.29, 0.717) is 5.54 Å². The van der Waals surface area contributed by atoms with E-state index in [1.807, 2.05) is 0 Å². The van der Waals surface area contributed by atoms with Crippen molar-refractivity contribution in [2.75, 3.05) is 52.9 Å². The SMILES string of the molecule is CC(C)C1CCC(CN(C)CCN2CCN(C(C)(C)C)CC2)CC1. The smallest absolute Gasteiger partial charge is 0.0126 e. The van der Waals surface area contributed by atoms with E-state index in [4.69, 9.17) is 0 Å². The Labute approximate surface area is 151 Å². The van der Waals surface area contributed by atoms with Gasteiger partial charge in [0.15, 0.2) is 0 Å². The van der Waals surface area contributed by atoms with Gasteiger partial charge in [-0.3, -0.25) is 9.80 Å². The van der Waals surface area contributed by atoms with Gasteiger partial charge in [-0.15, -0.1) is 0 Å². The van der Waals surface area contributed by atoms with E-state index in [1.165, 1.54) is 71.5 Å². The Morgan fingerprint density at radius 2 is 1.54 bits per heavy atom. The molecule has 3 heteroatoms. The van der Waals surface area contributed by atoms with Crippen molar-refractivity contribution in [3.05, 3.63) is 0 Å². The van der Waals surface area contributed by atoms with Crippen LogP contribution in [0.15, 0.2) is 0 Å². The standard InChI is InChI=1S/C21H43N3/c1-18(2)20-9-7-19(8-10-20)17-22(6)11-12-23-13-15-24(16-14-23)21(3,4)5/h18-20H,7-17H2,1-6H3. The first-order valence-electron chi connectivity index (χ1n) is 10.4. The first-order valence-corrected chi connectivity index (χ1v) is 10.4. The number of nitrogens with zero attached hydrogens (tertiary/aromatic N) is 3. The van der Waals surface area contributed by atoms with Crippen LogP contribution in [-0.4, -0.2) is 73.1 Å². The molecule has 0 amide bonds. The molecule has 0 unspecified atom stereocenters. The molecule has 0 aromatic rings. The average molecular weight is 338 g/mol. The molecule has 24 heavy (non-hydrogen) atoms. The minimum absolute atomic E-state index is 0.331. The van der Waals surface area contributed by atoms with Crippen LogP contribution in [0.1, 0.15) is 60.3 Å². The fourth-order valence-electron chi connectivity index (χ4n) is 4.52. The lowest BCUT2D eigenvalue weighted by molar-refractivity contribution is 0.0573. The van der Waals surface area contributed by atoms with Crippen LogP contribution in [0.2, 0.25) is 0 Å². The molecule has 2 aliphatic rings. The van der Waals surface area contributed by atoms with E-state index in [2.05, 4.69) is 56.4 Å². The van der Waals surface area contributed by atoms with Gasteiger partial charge in [0, 0.05) is 51.4 Å². The summed E-state index contributed by atoms with van der Waals surface area (Å²) in [7, 11) is 2.33. The van der Waals surface area contributed by atoms with Gasteiger partial charge in [0.25, 0.3) is 0 Å². The number of hydrogen-bond donors (Lipinski definition) is 0. The van der Waals surface area contributed by atoms with E-state index in [9.17, 15) is 0 Å². The normalized spacial score (nSPS) is 28.0. The first-order chi connectivity index (χ1) is 11.3. The van der Waals surface area contributed by atoms with Gasteiger partial charge in [-0.25, -0.2) is 0 Å². The maximum atomic E-state index is 2.66. The predicted octanol–water partition coefficient (Wildman–Crippen LogP) is 3.80. The summed E-state index contributed by atoms with van der Waals surface area (Å²) in [5, 5.41) is 0. The molecule has 1 aliphatic carbocycles. The summed E-state index contributed by atoms with van der Waals surface area (Å²) in [5.41, 5.74) is 0.331. The Morgan fingerprint density at radius 3 is 2.04 bits per heavy atom. The summed E-state index contributed by atoms with van der Waals surface area (Å²) < 4.78 is 0. The molecular weight excluding hydrogens is 294 g/mol. The van der Waals surface area contributed by atoms with Crippen LogP contribution in [0.25, 0.3) is 0 Å². The molecule has 2 fully saturated rings. The molecule has 0 radical (unpaired) electrons. The number of rotatable bonds is 6. The molecule has 0 bridgehead atoms. The largest absolute Gasteiger partial charge is 0.305 e. The zero-order chi connectivity index (χ0) is 17.7. The molecule has 3 nitrogen and oxygen atoms in total. The first kappa shape index (κ1) is 20.2. The highest BCUT2D eigenvalue weighted by Crippen LogP contribution is 2.33. The van der Waals surface area contributed by atoms with Gasteiger partial charge in [-0.05, 0) is 71.3 Å². The second kappa shape index (κ2) is 9.00. The molecule has 0 atom stereocenters. The Morgan fingerprint density at radius 1 is 0.958 bits per heavy atom.